The molecular weight excluding hydrogens is 333 g/mol. The number of carbonyl (C=O) groups is 1. The van der Waals surface area contributed by atoms with E-state index in [9.17, 15) is 9.18 Å². The molecule has 2 aromatic rings. The lowest BCUT2D eigenvalue weighted by Crippen LogP contribution is -2.37. The number of benzene rings is 1. The van der Waals surface area contributed by atoms with Crippen LogP contribution in [0.5, 0.6) is 0 Å². The molecule has 0 unspecified atom stereocenters. The highest BCUT2D eigenvalue weighted by molar-refractivity contribution is 5.92. The number of hydrogen-bond acceptors (Lipinski definition) is 4. The molecule has 1 amide bonds. The molecule has 2 aliphatic heterocycles. The average Bonchev–Trinajstić information content (AvgIpc) is 3.32. The molecule has 26 heavy (non-hydrogen) atoms. The molecule has 3 heterocycles. The molecule has 4 rings (SSSR count). The van der Waals surface area contributed by atoms with Crippen LogP contribution in [0.25, 0.3) is 0 Å². The van der Waals surface area contributed by atoms with Crippen molar-refractivity contribution in [2.24, 2.45) is 0 Å². The third kappa shape index (κ3) is 3.62. The van der Waals surface area contributed by atoms with Gasteiger partial charge in [-0.3, -0.25) is 4.79 Å². The second kappa shape index (κ2) is 7.53. The maximum Gasteiger partial charge on any atom is 0.276 e. The fraction of sp³-hybridized carbons (Fsp3) is 0.526. The van der Waals surface area contributed by atoms with Gasteiger partial charge in [-0.25, -0.2) is 9.07 Å². The quantitative estimate of drug-likeness (QED) is 0.911. The zero-order chi connectivity index (χ0) is 17.9. The van der Waals surface area contributed by atoms with Crippen LogP contribution in [0.1, 0.15) is 47.8 Å². The van der Waals surface area contributed by atoms with Gasteiger partial charge < -0.3 is 10.2 Å². The summed E-state index contributed by atoms with van der Waals surface area (Å²) in [5, 5.41) is 11.7. The summed E-state index contributed by atoms with van der Waals surface area (Å²) >= 11 is 0. The van der Waals surface area contributed by atoms with Crippen molar-refractivity contribution in [3.05, 3.63) is 47.5 Å². The minimum absolute atomic E-state index is 0.0657. The van der Waals surface area contributed by atoms with E-state index in [1.165, 1.54) is 6.07 Å². The van der Waals surface area contributed by atoms with Crippen molar-refractivity contribution in [1.29, 1.82) is 0 Å². The molecule has 7 heteroatoms. The van der Waals surface area contributed by atoms with E-state index in [2.05, 4.69) is 15.6 Å². The highest BCUT2D eigenvalue weighted by Crippen LogP contribution is 2.24. The molecule has 0 aliphatic carbocycles. The van der Waals surface area contributed by atoms with Gasteiger partial charge in [0.05, 0.1) is 12.2 Å². The van der Waals surface area contributed by atoms with Crippen molar-refractivity contribution in [3.8, 4) is 0 Å². The molecular formula is C19H24FN5O. The molecule has 0 saturated carbocycles. The molecule has 138 valence electrons. The molecule has 1 aromatic carbocycles. The van der Waals surface area contributed by atoms with Crippen molar-refractivity contribution in [2.75, 3.05) is 19.6 Å². The summed E-state index contributed by atoms with van der Waals surface area (Å²) in [5.41, 5.74) is 1.34. The standard InChI is InChI=1S/C19H24FN5O/c20-15-4-1-3-14(11-15)12-17-5-2-10-24(17)19(26)18-13-25(23-22-18)16-6-8-21-9-7-16/h1,3-4,11,13,16-17,21H,2,5-10,12H2/t17-/m0/s1. The Balaban J connectivity index is 1.45. The normalized spacial score (nSPS) is 21.3. The van der Waals surface area contributed by atoms with Crippen LogP contribution in [-0.2, 0) is 6.42 Å². The first-order valence-corrected chi connectivity index (χ1v) is 9.38. The maximum absolute atomic E-state index is 13.4. The monoisotopic (exact) mass is 357 g/mol. The van der Waals surface area contributed by atoms with E-state index >= 15 is 0 Å². The van der Waals surface area contributed by atoms with Gasteiger partial charge in [0.15, 0.2) is 5.69 Å². The first-order valence-electron chi connectivity index (χ1n) is 9.38. The number of amides is 1. The lowest BCUT2D eigenvalue weighted by Gasteiger charge is -2.24. The molecule has 1 atom stereocenters. The van der Waals surface area contributed by atoms with Crippen molar-refractivity contribution in [1.82, 2.24) is 25.2 Å². The second-order valence-corrected chi connectivity index (χ2v) is 7.19. The molecule has 6 nitrogen and oxygen atoms in total. The van der Waals surface area contributed by atoms with Crippen LogP contribution >= 0.6 is 0 Å². The average molecular weight is 357 g/mol. The number of likely N-dealkylation sites (tertiary alicyclic amines) is 1. The van der Waals surface area contributed by atoms with Crippen molar-refractivity contribution in [3.63, 3.8) is 0 Å². The Morgan fingerprint density at radius 1 is 1.27 bits per heavy atom. The number of rotatable bonds is 4. The Bertz CT molecular complexity index is 771. The molecule has 2 fully saturated rings. The number of piperidine rings is 1. The minimum Gasteiger partial charge on any atom is -0.334 e. The van der Waals surface area contributed by atoms with E-state index in [0.717, 1.165) is 50.9 Å². The Kier molecular flexibility index (Phi) is 4.97. The van der Waals surface area contributed by atoms with E-state index in [-0.39, 0.29) is 17.8 Å². The zero-order valence-corrected chi connectivity index (χ0v) is 14.8. The number of aromatic nitrogens is 3. The summed E-state index contributed by atoms with van der Waals surface area (Å²) in [6.07, 6.45) is 6.37. The minimum atomic E-state index is -0.233. The third-order valence-electron chi connectivity index (χ3n) is 5.41. The van der Waals surface area contributed by atoms with Crippen LogP contribution in [0, 0.1) is 5.82 Å². The van der Waals surface area contributed by atoms with Crippen LogP contribution in [0.3, 0.4) is 0 Å². The van der Waals surface area contributed by atoms with Gasteiger partial charge in [-0.2, -0.15) is 0 Å². The van der Waals surface area contributed by atoms with Gasteiger partial charge >= 0.3 is 0 Å². The highest BCUT2D eigenvalue weighted by atomic mass is 19.1. The summed E-state index contributed by atoms with van der Waals surface area (Å²) in [6.45, 7) is 2.66. The lowest BCUT2D eigenvalue weighted by atomic mass is 10.0. The van der Waals surface area contributed by atoms with E-state index in [4.69, 9.17) is 0 Å². The van der Waals surface area contributed by atoms with Crippen molar-refractivity contribution >= 4 is 5.91 Å². The molecule has 1 N–H and O–H groups in total. The van der Waals surface area contributed by atoms with Crippen molar-refractivity contribution < 1.29 is 9.18 Å². The summed E-state index contributed by atoms with van der Waals surface area (Å²) in [5.74, 6) is -0.299. The van der Waals surface area contributed by atoms with Crippen LogP contribution in [0.4, 0.5) is 4.39 Å². The van der Waals surface area contributed by atoms with E-state index in [1.807, 2.05) is 15.6 Å². The molecule has 0 radical (unpaired) electrons. The number of hydrogen-bond donors (Lipinski definition) is 1. The molecule has 2 saturated heterocycles. The summed E-state index contributed by atoms with van der Waals surface area (Å²) < 4.78 is 15.3. The predicted octanol–water partition coefficient (Wildman–Crippen LogP) is 2.19. The fourth-order valence-corrected chi connectivity index (χ4v) is 4.02. The van der Waals surface area contributed by atoms with Crippen LogP contribution in [0.2, 0.25) is 0 Å². The SMILES string of the molecule is O=C(c1cn(C2CCNCC2)nn1)N1CCC[C@H]1Cc1cccc(F)c1. The van der Waals surface area contributed by atoms with E-state index in [1.54, 1.807) is 18.3 Å². The third-order valence-corrected chi connectivity index (χ3v) is 5.41. The van der Waals surface area contributed by atoms with E-state index in [0.29, 0.717) is 18.2 Å². The van der Waals surface area contributed by atoms with E-state index < -0.39 is 0 Å². The van der Waals surface area contributed by atoms with Gasteiger partial charge in [0.25, 0.3) is 5.91 Å². The molecule has 2 aliphatic rings. The number of nitrogens with one attached hydrogen (secondary N) is 1. The maximum atomic E-state index is 13.4. The molecule has 0 bridgehead atoms. The van der Waals surface area contributed by atoms with Gasteiger partial charge in [-0.05, 0) is 62.9 Å². The number of halogens is 1. The van der Waals surface area contributed by atoms with Gasteiger partial charge in [0.2, 0.25) is 0 Å². The summed E-state index contributed by atoms with van der Waals surface area (Å²) in [6, 6.07) is 7.03. The van der Waals surface area contributed by atoms with Crippen LogP contribution in [-0.4, -0.2) is 51.5 Å². The van der Waals surface area contributed by atoms with Crippen LogP contribution in [0.15, 0.2) is 30.5 Å². The number of nitrogens with zero attached hydrogens (tertiary/aromatic N) is 4. The molecule has 1 aromatic heterocycles. The largest absolute Gasteiger partial charge is 0.334 e. The second-order valence-electron chi connectivity index (χ2n) is 7.19. The zero-order valence-electron chi connectivity index (χ0n) is 14.8. The smallest absolute Gasteiger partial charge is 0.276 e. The Hall–Kier alpha value is -2.28. The van der Waals surface area contributed by atoms with Crippen LogP contribution < -0.4 is 5.32 Å². The predicted molar refractivity (Wildman–Crippen MR) is 95.3 cm³/mol. The Morgan fingerprint density at radius 3 is 2.92 bits per heavy atom. The van der Waals surface area contributed by atoms with Gasteiger partial charge in [0, 0.05) is 12.6 Å². The molecule has 0 spiro atoms. The summed E-state index contributed by atoms with van der Waals surface area (Å²) in [4.78, 5) is 14.8. The van der Waals surface area contributed by atoms with Gasteiger partial charge in [0.1, 0.15) is 5.82 Å². The van der Waals surface area contributed by atoms with Gasteiger partial charge in [-0.15, -0.1) is 5.10 Å². The Morgan fingerprint density at radius 2 is 2.12 bits per heavy atom. The number of carbonyl (C=O) groups excluding carboxylic acids is 1. The summed E-state index contributed by atoms with van der Waals surface area (Å²) in [7, 11) is 0. The fourth-order valence-electron chi connectivity index (χ4n) is 4.02. The van der Waals surface area contributed by atoms with Gasteiger partial charge in [-0.1, -0.05) is 17.3 Å². The first kappa shape index (κ1) is 17.1. The topological polar surface area (TPSA) is 63.1 Å². The Labute approximate surface area is 152 Å². The highest BCUT2D eigenvalue weighted by Gasteiger charge is 2.31. The first-order chi connectivity index (χ1) is 12.7. The van der Waals surface area contributed by atoms with Crippen molar-refractivity contribution in [2.45, 2.75) is 44.2 Å². The lowest BCUT2D eigenvalue weighted by molar-refractivity contribution is 0.0730.